The molecule has 0 amide bonds. The Morgan fingerprint density at radius 2 is 0.889 bits per heavy atom. The second-order valence-electron chi connectivity index (χ2n) is 19.8. The molecule has 19 heteroatoms. The van der Waals surface area contributed by atoms with E-state index in [4.69, 9.17) is 29.2 Å². The van der Waals surface area contributed by atoms with Crippen molar-refractivity contribution in [3.8, 4) is 41.3 Å². The van der Waals surface area contributed by atoms with E-state index in [-0.39, 0.29) is 24.2 Å². The lowest BCUT2D eigenvalue weighted by Crippen LogP contribution is -2.36. The number of pyridine rings is 3. The van der Waals surface area contributed by atoms with Crippen molar-refractivity contribution in [1.82, 2.24) is 29.7 Å². The summed E-state index contributed by atoms with van der Waals surface area (Å²) in [5.74, 6) is 17.7. The third kappa shape index (κ3) is 18.9. The number of esters is 2. The van der Waals surface area contributed by atoms with Gasteiger partial charge in [-0.15, -0.1) is 0 Å². The number of hydrogen-bond acceptors (Lipinski definition) is 15. The van der Waals surface area contributed by atoms with Gasteiger partial charge in [-0.2, -0.15) is 16.8 Å². The number of ether oxygens (including phenoxy) is 3. The summed E-state index contributed by atoms with van der Waals surface area (Å²) < 4.78 is 81.3. The molecule has 4 heterocycles. The van der Waals surface area contributed by atoms with Crippen LogP contribution in [-0.4, -0.2) is 140 Å². The summed E-state index contributed by atoms with van der Waals surface area (Å²) in [5, 5.41) is 0. The topological polar surface area (TPSA) is 219 Å². The Morgan fingerprint density at radius 3 is 1.30 bits per heavy atom. The molecule has 2 N–H and O–H groups in total. The summed E-state index contributed by atoms with van der Waals surface area (Å²) in [6.45, 7) is 12.6. The van der Waals surface area contributed by atoms with Gasteiger partial charge >= 0.3 is 11.9 Å². The van der Waals surface area contributed by atoms with Crippen molar-refractivity contribution in [1.29, 1.82) is 0 Å². The first kappa shape index (κ1) is 60.9. The molecule has 1 fully saturated rings. The Bertz CT molecular complexity index is 3740. The molecule has 0 unspecified atom stereocenters. The molecule has 1 aliphatic rings. The van der Waals surface area contributed by atoms with Gasteiger partial charge in [-0.1, -0.05) is 77.8 Å². The SMILES string of the molecule is CCc1cc(C)ccc1C#Cc1cc(CN2CCN(Cc3cc(C#Cc4ccc(C)cc4CCS(=O)(=O)O)cc(C)n3)CCN(Cc3cc(C#Cc4ccc(OC)cc4CCS(=O)(=O)O)cc(C(=O)OC)n3)CC2)nc(C(=O)OC)c1. The van der Waals surface area contributed by atoms with E-state index in [2.05, 4.69) is 63.2 Å². The predicted octanol–water partition coefficient (Wildman–Crippen LogP) is 6.82. The lowest BCUT2D eigenvalue weighted by atomic mass is 10.0. The molecule has 7 rings (SSSR count). The average Bonchev–Trinajstić information content (AvgIpc) is 3.52. The minimum absolute atomic E-state index is 0.0120. The standard InChI is InChI=1S/C62H66N6O11S2/c1-8-49-31-43(2)9-14-50(49)16-12-47-35-56(64-59(37-47)61(69)78-6)41-67-25-23-66(40-55-34-46(33-45(4)63-55)11-17-51-15-10-44(3)32-53(51)21-29-80(71,72)73)24-26-68(28-27-67)42-57-36-48(38-60(65-57)62(70)79-7)13-18-52-19-20-58(77-5)39-54(52)22-30-81(74,75)76/h9-10,14-15,19-20,31-39H,8,21-30,40-42H2,1-7H3,(H,71,72,73)(H,74,75,76). The lowest BCUT2D eigenvalue weighted by molar-refractivity contribution is 0.0584. The van der Waals surface area contributed by atoms with Crippen molar-refractivity contribution >= 4 is 32.2 Å². The number of nitrogens with zero attached hydrogens (tertiary/aromatic N) is 6. The maximum atomic E-state index is 13.1. The lowest BCUT2D eigenvalue weighted by Gasteiger charge is -2.25. The van der Waals surface area contributed by atoms with Gasteiger partial charge in [0, 0.05) is 98.0 Å². The van der Waals surface area contributed by atoms with Gasteiger partial charge in [0.25, 0.3) is 20.2 Å². The molecule has 0 radical (unpaired) electrons. The van der Waals surface area contributed by atoms with E-state index in [1.807, 2.05) is 69.3 Å². The summed E-state index contributed by atoms with van der Waals surface area (Å²) in [6.07, 6.45) is 0.915. The zero-order valence-electron chi connectivity index (χ0n) is 46.6. The van der Waals surface area contributed by atoms with Crippen LogP contribution in [0.25, 0.3) is 0 Å². The van der Waals surface area contributed by atoms with E-state index < -0.39 is 43.7 Å². The quantitative estimate of drug-likeness (QED) is 0.0577. The van der Waals surface area contributed by atoms with Crippen LogP contribution in [0.15, 0.2) is 91.0 Å². The Kier molecular flexibility index (Phi) is 21.1. The summed E-state index contributed by atoms with van der Waals surface area (Å²) in [5.41, 5.74) is 11.3. The minimum atomic E-state index is -4.26. The smallest absolute Gasteiger partial charge is 0.356 e. The maximum absolute atomic E-state index is 13.1. The fourth-order valence-corrected chi connectivity index (χ4v) is 10.2. The molecule has 17 nitrogen and oxygen atoms in total. The molecule has 0 aliphatic carbocycles. The summed E-state index contributed by atoms with van der Waals surface area (Å²) in [7, 11) is -4.35. The zero-order chi connectivity index (χ0) is 58.3. The van der Waals surface area contributed by atoms with Gasteiger partial charge in [0.05, 0.1) is 49.9 Å². The number of carbonyl (C=O) groups is 2. The molecular weight excluding hydrogens is 1070 g/mol. The highest BCUT2D eigenvalue weighted by Crippen LogP contribution is 2.21. The highest BCUT2D eigenvalue weighted by atomic mass is 32.2. The molecule has 422 valence electrons. The van der Waals surface area contributed by atoms with Crippen LogP contribution < -0.4 is 4.74 Å². The largest absolute Gasteiger partial charge is 0.497 e. The minimum Gasteiger partial charge on any atom is -0.497 e. The first-order chi connectivity index (χ1) is 38.6. The molecule has 3 aromatic carbocycles. The van der Waals surface area contributed by atoms with E-state index >= 15 is 0 Å². The average molecular weight is 1140 g/mol. The Labute approximate surface area is 475 Å². The highest BCUT2D eigenvalue weighted by molar-refractivity contribution is 7.86. The van der Waals surface area contributed by atoms with Gasteiger partial charge in [0.2, 0.25) is 0 Å². The van der Waals surface area contributed by atoms with E-state index in [0.29, 0.717) is 104 Å². The third-order valence-corrected chi connectivity index (χ3v) is 14.8. The van der Waals surface area contributed by atoms with E-state index in [0.717, 1.165) is 51.2 Å². The summed E-state index contributed by atoms with van der Waals surface area (Å²) in [6, 6.07) is 27.6. The van der Waals surface area contributed by atoms with Crippen LogP contribution in [0.1, 0.15) is 112 Å². The second kappa shape index (κ2) is 28.1. The predicted molar refractivity (Wildman–Crippen MR) is 309 cm³/mol. The van der Waals surface area contributed by atoms with E-state index in [9.17, 15) is 35.5 Å². The van der Waals surface area contributed by atoms with E-state index in [1.165, 1.54) is 21.3 Å². The molecule has 0 spiro atoms. The van der Waals surface area contributed by atoms with Gasteiger partial charge in [-0.05, 0) is 123 Å². The fraction of sp³-hybridized carbons (Fsp3) is 0.339. The maximum Gasteiger partial charge on any atom is 0.356 e. The zero-order valence-corrected chi connectivity index (χ0v) is 48.3. The molecule has 1 saturated heterocycles. The van der Waals surface area contributed by atoms with Crippen LogP contribution in [0.5, 0.6) is 5.75 Å². The molecule has 6 aromatic rings. The Balaban J connectivity index is 1.22. The second-order valence-corrected chi connectivity index (χ2v) is 22.9. The van der Waals surface area contributed by atoms with Crippen LogP contribution in [0.2, 0.25) is 0 Å². The molecule has 0 bridgehead atoms. The van der Waals surface area contributed by atoms with Gasteiger partial charge < -0.3 is 14.2 Å². The summed E-state index contributed by atoms with van der Waals surface area (Å²) >= 11 is 0. The molecule has 3 aromatic heterocycles. The van der Waals surface area contributed by atoms with Gasteiger partial charge in [-0.25, -0.2) is 19.6 Å². The third-order valence-electron chi connectivity index (χ3n) is 13.4. The Morgan fingerprint density at radius 1 is 0.506 bits per heavy atom. The van der Waals surface area contributed by atoms with E-state index in [1.54, 1.807) is 36.4 Å². The molecular formula is C62H66N6O11S2. The fourth-order valence-electron chi connectivity index (χ4n) is 9.25. The van der Waals surface area contributed by atoms with Crippen molar-refractivity contribution in [3.05, 3.63) is 186 Å². The Hall–Kier alpha value is -7.77. The highest BCUT2D eigenvalue weighted by Gasteiger charge is 2.22. The van der Waals surface area contributed by atoms with Crippen LogP contribution in [0.3, 0.4) is 0 Å². The number of benzene rings is 3. The van der Waals surface area contributed by atoms with Crippen molar-refractivity contribution in [2.24, 2.45) is 0 Å². The van der Waals surface area contributed by atoms with Gasteiger partial charge in [0.1, 0.15) is 17.1 Å². The van der Waals surface area contributed by atoms with Gasteiger partial charge in [-0.3, -0.25) is 28.8 Å². The first-order valence-corrected chi connectivity index (χ1v) is 29.5. The molecule has 1 aliphatic heterocycles. The number of rotatable bonds is 16. The number of aryl methyl sites for hydroxylation is 6. The normalized spacial score (nSPS) is 13.4. The molecule has 81 heavy (non-hydrogen) atoms. The first-order valence-electron chi connectivity index (χ1n) is 26.3. The van der Waals surface area contributed by atoms with Crippen molar-refractivity contribution < 1.29 is 49.7 Å². The van der Waals surface area contributed by atoms with Crippen molar-refractivity contribution in [2.75, 3.05) is 72.1 Å². The molecule has 0 saturated carbocycles. The number of carbonyl (C=O) groups excluding carboxylic acids is 2. The van der Waals surface area contributed by atoms with Crippen molar-refractivity contribution in [2.45, 2.75) is 66.6 Å². The molecule has 0 atom stereocenters. The summed E-state index contributed by atoms with van der Waals surface area (Å²) in [4.78, 5) is 47.5. The van der Waals surface area contributed by atoms with Gasteiger partial charge in [0.15, 0.2) is 0 Å². The van der Waals surface area contributed by atoms with Crippen LogP contribution >= 0.6 is 0 Å². The van der Waals surface area contributed by atoms with Crippen molar-refractivity contribution in [3.63, 3.8) is 0 Å². The number of hydrogen-bond donors (Lipinski definition) is 2. The monoisotopic (exact) mass is 1130 g/mol. The number of aromatic nitrogens is 3. The van der Waals surface area contributed by atoms with Crippen LogP contribution in [0, 0.1) is 56.3 Å². The number of methoxy groups -OCH3 is 3. The van der Waals surface area contributed by atoms with Crippen LogP contribution in [0.4, 0.5) is 0 Å². The van der Waals surface area contributed by atoms with Crippen LogP contribution in [-0.2, 0) is 68.6 Å².